The van der Waals surface area contributed by atoms with Gasteiger partial charge < -0.3 is 10.2 Å². The number of nitrogens with zero attached hydrogens (tertiary/aromatic N) is 3. The standard InChI is InChI=1S/C11H17ClN4S/c1-11(2)6-16(4-5-17-11)10-8(13-3)9(12)14-7-15-10/h7,13H,4-6H2,1-3H3. The predicted molar refractivity (Wildman–Crippen MR) is 75.3 cm³/mol. The Morgan fingerprint density at radius 3 is 2.88 bits per heavy atom. The minimum absolute atomic E-state index is 0.251. The first-order chi connectivity index (χ1) is 8.03. The van der Waals surface area contributed by atoms with Crippen LogP contribution in [0.3, 0.4) is 0 Å². The fraction of sp³-hybridized carbons (Fsp3) is 0.636. The molecule has 94 valence electrons. The lowest BCUT2D eigenvalue weighted by Gasteiger charge is -2.38. The van der Waals surface area contributed by atoms with Crippen molar-refractivity contribution in [1.82, 2.24) is 9.97 Å². The van der Waals surface area contributed by atoms with Gasteiger partial charge in [-0.15, -0.1) is 0 Å². The van der Waals surface area contributed by atoms with Crippen LogP contribution in [-0.2, 0) is 0 Å². The second-order valence-electron chi connectivity index (χ2n) is 4.64. The molecule has 0 bridgehead atoms. The van der Waals surface area contributed by atoms with E-state index in [2.05, 4.69) is 34.0 Å². The molecule has 1 saturated heterocycles. The van der Waals surface area contributed by atoms with E-state index in [1.165, 1.54) is 6.33 Å². The largest absolute Gasteiger partial charge is 0.383 e. The molecule has 0 spiro atoms. The van der Waals surface area contributed by atoms with Crippen molar-refractivity contribution in [3.63, 3.8) is 0 Å². The Kier molecular flexibility index (Phi) is 3.68. The molecule has 0 atom stereocenters. The average Bonchev–Trinajstić information content (AvgIpc) is 2.27. The number of halogens is 1. The molecular weight excluding hydrogens is 256 g/mol. The molecule has 2 rings (SSSR count). The molecule has 0 saturated carbocycles. The molecule has 17 heavy (non-hydrogen) atoms. The molecular formula is C11H17ClN4S. The predicted octanol–water partition coefficient (Wildman–Crippen LogP) is 2.50. The number of nitrogens with one attached hydrogen (secondary N) is 1. The molecule has 6 heteroatoms. The highest BCUT2D eigenvalue weighted by Crippen LogP contribution is 2.35. The Hall–Kier alpha value is -0.680. The average molecular weight is 273 g/mol. The summed E-state index contributed by atoms with van der Waals surface area (Å²) in [6.07, 6.45) is 1.52. The van der Waals surface area contributed by atoms with Crippen molar-refractivity contribution in [3.8, 4) is 0 Å². The van der Waals surface area contributed by atoms with E-state index in [1.807, 2.05) is 18.8 Å². The SMILES string of the molecule is CNc1c(Cl)ncnc1N1CCSC(C)(C)C1. The quantitative estimate of drug-likeness (QED) is 0.838. The lowest BCUT2D eigenvalue weighted by atomic mass is 10.2. The topological polar surface area (TPSA) is 41.1 Å². The van der Waals surface area contributed by atoms with Gasteiger partial charge in [-0.05, 0) is 13.8 Å². The van der Waals surface area contributed by atoms with Gasteiger partial charge >= 0.3 is 0 Å². The molecule has 0 aromatic carbocycles. The number of thioether (sulfide) groups is 1. The van der Waals surface area contributed by atoms with Gasteiger partial charge in [0.05, 0.1) is 0 Å². The summed E-state index contributed by atoms with van der Waals surface area (Å²) in [7, 11) is 1.85. The summed E-state index contributed by atoms with van der Waals surface area (Å²) in [5, 5.41) is 3.56. The number of hydrogen-bond acceptors (Lipinski definition) is 5. The summed E-state index contributed by atoms with van der Waals surface area (Å²) >= 11 is 8.07. The number of aromatic nitrogens is 2. The molecule has 1 N–H and O–H groups in total. The van der Waals surface area contributed by atoms with Gasteiger partial charge in [-0.25, -0.2) is 9.97 Å². The highest BCUT2D eigenvalue weighted by atomic mass is 35.5. The molecule has 0 unspecified atom stereocenters. The molecule has 2 heterocycles. The molecule has 4 nitrogen and oxygen atoms in total. The maximum absolute atomic E-state index is 6.07. The monoisotopic (exact) mass is 272 g/mol. The highest BCUT2D eigenvalue weighted by Gasteiger charge is 2.29. The van der Waals surface area contributed by atoms with Crippen molar-refractivity contribution < 1.29 is 0 Å². The highest BCUT2D eigenvalue weighted by molar-refractivity contribution is 8.00. The number of rotatable bonds is 2. The number of anilines is 2. The fourth-order valence-corrected chi connectivity index (χ4v) is 3.34. The van der Waals surface area contributed by atoms with Crippen LogP contribution in [0.15, 0.2) is 6.33 Å². The smallest absolute Gasteiger partial charge is 0.157 e. The minimum atomic E-state index is 0.251. The van der Waals surface area contributed by atoms with Gasteiger partial charge in [0.25, 0.3) is 0 Å². The van der Waals surface area contributed by atoms with Gasteiger partial charge in [0, 0.05) is 30.6 Å². The zero-order chi connectivity index (χ0) is 12.5. The summed E-state index contributed by atoms with van der Waals surface area (Å²) in [4.78, 5) is 10.6. The summed E-state index contributed by atoms with van der Waals surface area (Å²) in [6.45, 7) is 6.48. The van der Waals surface area contributed by atoms with E-state index in [1.54, 1.807) is 0 Å². The maximum Gasteiger partial charge on any atom is 0.157 e. The Morgan fingerprint density at radius 1 is 1.47 bits per heavy atom. The van der Waals surface area contributed by atoms with Crippen LogP contribution < -0.4 is 10.2 Å². The zero-order valence-corrected chi connectivity index (χ0v) is 11.9. The van der Waals surface area contributed by atoms with Gasteiger partial charge in [0.1, 0.15) is 12.0 Å². The Morgan fingerprint density at radius 2 is 2.24 bits per heavy atom. The van der Waals surface area contributed by atoms with Crippen molar-refractivity contribution >= 4 is 34.9 Å². The molecule has 0 amide bonds. The van der Waals surface area contributed by atoms with Gasteiger partial charge in [-0.2, -0.15) is 11.8 Å². The van der Waals surface area contributed by atoms with Crippen molar-refractivity contribution in [3.05, 3.63) is 11.5 Å². The van der Waals surface area contributed by atoms with E-state index >= 15 is 0 Å². The third kappa shape index (κ3) is 2.77. The van der Waals surface area contributed by atoms with Crippen molar-refractivity contribution in [1.29, 1.82) is 0 Å². The van der Waals surface area contributed by atoms with Crippen molar-refractivity contribution in [2.45, 2.75) is 18.6 Å². The van der Waals surface area contributed by atoms with Gasteiger partial charge in [0.15, 0.2) is 11.0 Å². The van der Waals surface area contributed by atoms with Gasteiger partial charge in [0.2, 0.25) is 0 Å². The van der Waals surface area contributed by atoms with Gasteiger partial charge in [-0.1, -0.05) is 11.6 Å². The lowest BCUT2D eigenvalue weighted by molar-refractivity contribution is 0.642. The van der Waals surface area contributed by atoms with E-state index in [4.69, 9.17) is 11.6 Å². The summed E-state index contributed by atoms with van der Waals surface area (Å²) in [5.74, 6) is 2.01. The van der Waals surface area contributed by atoms with E-state index < -0.39 is 0 Å². The molecule has 1 aromatic rings. The molecule has 1 aromatic heterocycles. The molecule has 0 aliphatic carbocycles. The second-order valence-corrected chi connectivity index (χ2v) is 6.80. The zero-order valence-electron chi connectivity index (χ0n) is 10.3. The molecule has 1 aliphatic heterocycles. The van der Waals surface area contributed by atoms with Crippen molar-refractivity contribution in [2.24, 2.45) is 0 Å². The normalized spacial score (nSPS) is 19.2. The first kappa shape index (κ1) is 12.8. The number of hydrogen-bond donors (Lipinski definition) is 1. The minimum Gasteiger partial charge on any atom is -0.383 e. The summed E-state index contributed by atoms with van der Waals surface area (Å²) in [6, 6.07) is 0. The summed E-state index contributed by atoms with van der Waals surface area (Å²) < 4.78 is 0.251. The summed E-state index contributed by atoms with van der Waals surface area (Å²) in [5.41, 5.74) is 0.817. The Balaban J connectivity index is 2.30. The van der Waals surface area contributed by atoms with Crippen LogP contribution in [0.2, 0.25) is 5.15 Å². The Labute approximate surface area is 111 Å². The lowest BCUT2D eigenvalue weighted by Crippen LogP contribution is -2.43. The first-order valence-corrected chi connectivity index (χ1v) is 6.97. The van der Waals surface area contributed by atoms with Gasteiger partial charge in [-0.3, -0.25) is 0 Å². The van der Waals surface area contributed by atoms with Crippen LogP contribution in [0.1, 0.15) is 13.8 Å². The van der Waals surface area contributed by atoms with Crippen LogP contribution >= 0.6 is 23.4 Å². The molecule has 1 fully saturated rings. The van der Waals surface area contributed by atoms with E-state index in [0.717, 1.165) is 30.3 Å². The van der Waals surface area contributed by atoms with Crippen LogP contribution in [-0.4, -0.2) is 40.6 Å². The van der Waals surface area contributed by atoms with Crippen LogP contribution in [0.5, 0.6) is 0 Å². The molecule has 1 aliphatic rings. The third-order valence-corrected chi connectivity index (χ3v) is 4.34. The molecule has 0 radical (unpaired) electrons. The van der Waals surface area contributed by atoms with Crippen molar-refractivity contribution in [2.75, 3.05) is 36.1 Å². The fourth-order valence-electron chi connectivity index (χ4n) is 2.01. The van der Waals surface area contributed by atoms with Crippen LogP contribution in [0.25, 0.3) is 0 Å². The van der Waals surface area contributed by atoms with E-state index in [0.29, 0.717) is 5.15 Å². The van der Waals surface area contributed by atoms with E-state index in [-0.39, 0.29) is 4.75 Å². The third-order valence-electron chi connectivity index (χ3n) is 2.76. The maximum atomic E-state index is 6.07. The Bertz CT molecular complexity index is 410. The first-order valence-electron chi connectivity index (χ1n) is 5.61. The second kappa shape index (κ2) is 4.90. The van der Waals surface area contributed by atoms with E-state index in [9.17, 15) is 0 Å². The van der Waals surface area contributed by atoms with Crippen LogP contribution in [0.4, 0.5) is 11.5 Å². The van der Waals surface area contributed by atoms with Crippen LogP contribution in [0, 0.1) is 0 Å².